The zero-order valence-electron chi connectivity index (χ0n) is 21.6. The number of rotatable bonds is 2. The van der Waals surface area contributed by atoms with Crippen molar-refractivity contribution in [3.63, 3.8) is 0 Å². The zero-order chi connectivity index (χ0) is 25.9. The van der Waals surface area contributed by atoms with Gasteiger partial charge in [-0.05, 0) is 76.8 Å². The molecule has 190 valence electrons. The fourth-order valence-corrected chi connectivity index (χ4v) is 4.85. The van der Waals surface area contributed by atoms with Crippen LogP contribution in [0.2, 0.25) is 0 Å². The molecule has 1 N–H and O–H groups in total. The van der Waals surface area contributed by atoms with E-state index in [0.717, 1.165) is 16.7 Å². The van der Waals surface area contributed by atoms with Crippen LogP contribution < -0.4 is 5.32 Å². The molecule has 2 aromatic rings. The van der Waals surface area contributed by atoms with Gasteiger partial charge in [0.1, 0.15) is 12.2 Å². The van der Waals surface area contributed by atoms with Crippen LogP contribution in [0.4, 0.5) is 0 Å². The average Bonchev–Trinajstić information content (AvgIpc) is 3.12. The van der Waals surface area contributed by atoms with Gasteiger partial charge in [-0.1, -0.05) is 54.1 Å². The van der Waals surface area contributed by atoms with Crippen LogP contribution >= 0.6 is 0 Å². The lowest BCUT2D eigenvalue weighted by atomic mass is 9.96. The molecule has 1 amide bonds. The van der Waals surface area contributed by atoms with Gasteiger partial charge < -0.3 is 19.5 Å². The summed E-state index contributed by atoms with van der Waals surface area (Å²) in [5.74, 6) is -1.34. The van der Waals surface area contributed by atoms with E-state index in [-0.39, 0.29) is 18.1 Å². The lowest BCUT2D eigenvalue weighted by Gasteiger charge is -2.24. The molecule has 6 heteroatoms. The molecule has 2 aromatic carbocycles. The van der Waals surface area contributed by atoms with E-state index >= 15 is 0 Å². The van der Waals surface area contributed by atoms with Crippen molar-refractivity contribution < 1.29 is 23.8 Å². The first kappa shape index (κ1) is 25.9. The van der Waals surface area contributed by atoms with Gasteiger partial charge in [-0.3, -0.25) is 4.79 Å². The second-order valence-corrected chi connectivity index (χ2v) is 10.1. The predicted octanol–water partition coefficient (Wildman–Crippen LogP) is 5.53. The van der Waals surface area contributed by atoms with Gasteiger partial charge in [0, 0.05) is 11.6 Å². The number of fused-ring (bicyclic) bond motifs is 2. The third-order valence-electron chi connectivity index (χ3n) is 6.39. The van der Waals surface area contributed by atoms with Gasteiger partial charge in [0.05, 0.1) is 11.7 Å². The van der Waals surface area contributed by atoms with Crippen LogP contribution in [0.3, 0.4) is 0 Å². The summed E-state index contributed by atoms with van der Waals surface area (Å²) in [5.41, 5.74) is 4.05. The van der Waals surface area contributed by atoms with Crippen LogP contribution in [0.5, 0.6) is 0 Å². The van der Waals surface area contributed by atoms with E-state index in [9.17, 15) is 9.59 Å². The Hall–Kier alpha value is -3.22. The van der Waals surface area contributed by atoms with Crippen molar-refractivity contribution in [1.29, 1.82) is 0 Å². The van der Waals surface area contributed by atoms with E-state index in [1.807, 2.05) is 77.1 Å². The molecular formula is C30H35NO5. The van der Waals surface area contributed by atoms with E-state index in [4.69, 9.17) is 14.2 Å². The van der Waals surface area contributed by atoms with Crippen molar-refractivity contribution >= 4 is 18.0 Å². The molecule has 0 radical (unpaired) electrons. The molecule has 3 unspecified atom stereocenters. The summed E-state index contributed by atoms with van der Waals surface area (Å²) in [4.78, 5) is 26.1. The number of hydrogen-bond donors (Lipinski definition) is 1. The van der Waals surface area contributed by atoms with Gasteiger partial charge in [0.2, 0.25) is 0 Å². The topological polar surface area (TPSA) is 73.9 Å². The monoisotopic (exact) mass is 489 g/mol. The number of carbonyl (C=O) groups excluding carboxylic acids is 2. The molecule has 1 saturated heterocycles. The van der Waals surface area contributed by atoms with Crippen molar-refractivity contribution in [2.24, 2.45) is 0 Å². The SMILES string of the molecule is Cc1cc(C)c2c(c1)/C=C/C[C@H]1OC(C)(C)OC1C(OC(=O)c1ccccc1)/C=C\CC(C)NC2=O. The van der Waals surface area contributed by atoms with Crippen LogP contribution in [-0.4, -0.2) is 42.0 Å². The number of carbonyl (C=O) groups is 2. The van der Waals surface area contributed by atoms with Crippen LogP contribution in [0, 0.1) is 13.8 Å². The molecule has 1 fully saturated rings. The van der Waals surface area contributed by atoms with Crippen molar-refractivity contribution in [3.05, 3.63) is 88.5 Å². The molecule has 2 heterocycles. The minimum absolute atomic E-state index is 0.100. The zero-order valence-corrected chi connectivity index (χ0v) is 21.6. The molecule has 0 aliphatic carbocycles. The fraction of sp³-hybridized carbons (Fsp3) is 0.400. The summed E-state index contributed by atoms with van der Waals surface area (Å²) in [6, 6.07) is 12.8. The van der Waals surface area contributed by atoms with Gasteiger partial charge in [0.25, 0.3) is 5.91 Å². The van der Waals surface area contributed by atoms with Crippen LogP contribution in [0.15, 0.2) is 60.7 Å². The van der Waals surface area contributed by atoms with E-state index in [1.165, 1.54) is 0 Å². The number of hydrogen-bond acceptors (Lipinski definition) is 5. The number of amides is 1. The Bertz CT molecular complexity index is 1170. The molecule has 0 saturated carbocycles. The number of benzene rings is 2. The molecule has 2 aliphatic heterocycles. The summed E-state index contributed by atoms with van der Waals surface area (Å²) >= 11 is 0. The van der Waals surface area contributed by atoms with Crippen LogP contribution in [0.1, 0.15) is 71.0 Å². The highest BCUT2D eigenvalue weighted by atomic mass is 16.8. The lowest BCUT2D eigenvalue weighted by Crippen LogP contribution is -2.38. The fourth-order valence-electron chi connectivity index (χ4n) is 4.85. The van der Waals surface area contributed by atoms with Gasteiger partial charge >= 0.3 is 5.97 Å². The number of nitrogens with one attached hydrogen (secondary N) is 1. The Balaban J connectivity index is 1.68. The van der Waals surface area contributed by atoms with Crippen molar-refractivity contribution in [2.45, 2.75) is 77.6 Å². The average molecular weight is 490 g/mol. The maximum absolute atomic E-state index is 13.2. The Morgan fingerprint density at radius 3 is 2.56 bits per heavy atom. The summed E-state index contributed by atoms with van der Waals surface area (Å²) in [7, 11) is 0. The van der Waals surface area contributed by atoms with Crippen molar-refractivity contribution in [2.75, 3.05) is 0 Å². The summed E-state index contributed by atoms with van der Waals surface area (Å²) in [5, 5.41) is 3.10. The van der Waals surface area contributed by atoms with Gasteiger partial charge in [-0.2, -0.15) is 0 Å². The highest BCUT2D eigenvalue weighted by Gasteiger charge is 2.45. The minimum atomic E-state index is -0.821. The minimum Gasteiger partial charge on any atom is -0.452 e. The molecule has 6 nitrogen and oxygen atoms in total. The maximum Gasteiger partial charge on any atom is 0.338 e. The number of esters is 1. The molecule has 4 rings (SSSR count). The largest absolute Gasteiger partial charge is 0.452 e. The normalized spacial score (nSPS) is 27.6. The van der Waals surface area contributed by atoms with Crippen LogP contribution in [-0.2, 0) is 14.2 Å². The van der Waals surface area contributed by atoms with E-state index in [0.29, 0.717) is 24.0 Å². The van der Waals surface area contributed by atoms with Crippen LogP contribution in [0.25, 0.3) is 6.08 Å². The molecule has 0 bridgehead atoms. The van der Waals surface area contributed by atoms with Gasteiger partial charge in [-0.25, -0.2) is 4.79 Å². The molecule has 4 atom stereocenters. The Kier molecular flexibility index (Phi) is 7.76. The standard InChI is InChI=1S/C30H35NO5/c1-19-17-20(2)26-23(18-19)14-10-16-25-27(36-30(4,5)35-25)24(15-9-11-21(3)31-28(26)32)34-29(33)22-12-7-6-8-13-22/h6-10,12-15,17-18,21,24-25,27H,11,16H2,1-5H3,(H,31,32)/b14-10+,15-9-/t21?,24?,25-,27?/m1/s1. The smallest absolute Gasteiger partial charge is 0.338 e. The van der Waals surface area contributed by atoms with Gasteiger partial charge in [0.15, 0.2) is 5.79 Å². The Morgan fingerprint density at radius 1 is 1.06 bits per heavy atom. The second-order valence-electron chi connectivity index (χ2n) is 10.1. The van der Waals surface area contributed by atoms with E-state index in [2.05, 4.69) is 5.32 Å². The lowest BCUT2D eigenvalue weighted by molar-refractivity contribution is -0.152. The molecular weight excluding hydrogens is 454 g/mol. The van der Waals surface area contributed by atoms with Crippen molar-refractivity contribution in [1.82, 2.24) is 5.32 Å². The summed E-state index contributed by atoms with van der Waals surface area (Å²) < 4.78 is 18.4. The van der Waals surface area contributed by atoms with Crippen molar-refractivity contribution in [3.8, 4) is 0 Å². The van der Waals surface area contributed by atoms with E-state index in [1.54, 1.807) is 24.3 Å². The highest BCUT2D eigenvalue weighted by Crippen LogP contribution is 2.34. The molecule has 0 aromatic heterocycles. The molecule has 2 aliphatic rings. The van der Waals surface area contributed by atoms with Gasteiger partial charge in [-0.15, -0.1) is 0 Å². The third kappa shape index (κ3) is 6.12. The maximum atomic E-state index is 13.2. The number of ether oxygens (including phenoxy) is 3. The first-order valence-electron chi connectivity index (χ1n) is 12.5. The molecule has 36 heavy (non-hydrogen) atoms. The van der Waals surface area contributed by atoms with E-state index < -0.39 is 24.0 Å². The summed E-state index contributed by atoms with van der Waals surface area (Å²) in [6.45, 7) is 9.68. The second kappa shape index (κ2) is 10.8. The number of aryl methyl sites for hydroxylation is 2. The first-order valence-corrected chi connectivity index (χ1v) is 12.5. The third-order valence-corrected chi connectivity index (χ3v) is 6.39. The summed E-state index contributed by atoms with van der Waals surface area (Å²) in [6.07, 6.45) is 7.39. The molecule has 0 spiro atoms. The first-order chi connectivity index (χ1) is 17.1. The highest BCUT2D eigenvalue weighted by molar-refractivity contribution is 5.99. The predicted molar refractivity (Wildman–Crippen MR) is 140 cm³/mol. The quantitative estimate of drug-likeness (QED) is 0.444. The Labute approximate surface area is 213 Å². The Morgan fingerprint density at radius 2 is 1.81 bits per heavy atom.